The van der Waals surface area contributed by atoms with Gasteiger partial charge in [-0.25, -0.2) is 9.37 Å². The number of pyridine rings is 1. The van der Waals surface area contributed by atoms with Crippen LogP contribution in [-0.2, 0) is 0 Å². The van der Waals surface area contributed by atoms with Gasteiger partial charge in [0.05, 0.1) is 0 Å². The van der Waals surface area contributed by atoms with Gasteiger partial charge in [-0.2, -0.15) is 0 Å². The van der Waals surface area contributed by atoms with Crippen molar-refractivity contribution in [2.75, 3.05) is 0 Å². The maximum Gasteiger partial charge on any atom is 0.173 e. The molecule has 12 heavy (non-hydrogen) atoms. The van der Waals surface area contributed by atoms with Gasteiger partial charge in [0, 0.05) is 22.6 Å². The maximum absolute atomic E-state index is 13.1. The molecule has 0 saturated carbocycles. The molecule has 0 bridgehead atoms. The van der Waals surface area contributed by atoms with Crippen LogP contribution >= 0.6 is 15.9 Å². The number of rotatable bonds is 0. The third kappa shape index (κ3) is 1.03. The van der Waals surface area contributed by atoms with Crippen LogP contribution in [0.1, 0.15) is 5.69 Å². The Morgan fingerprint density at radius 3 is 3.08 bits per heavy atom. The first kappa shape index (κ1) is 7.73. The van der Waals surface area contributed by atoms with E-state index >= 15 is 0 Å². The van der Waals surface area contributed by atoms with Crippen molar-refractivity contribution >= 4 is 21.6 Å². The summed E-state index contributed by atoms with van der Waals surface area (Å²) in [5.74, 6) is -0.308. The van der Waals surface area contributed by atoms with E-state index in [2.05, 4.69) is 20.9 Å². The fraction of sp³-hybridized carbons (Fsp3) is 0.125. The van der Waals surface area contributed by atoms with Gasteiger partial charge < -0.3 is 4.40 Å². The van der Waals surface area contributed by atoms with E-state index < -0.39 is 0 Å². The second-order valence-electron chi connectivity index (χ2n) is 2.60. The fourth-order valence-corrected chi connectivity index (χ4v) is 1.54. The van der Waals surface area contributed by atoms with Crippen LogP contribution in [0.3, 0.4) is 0 Å². The highest BCUT2D eigenvalue weighted by atomic mass is 79.9. The molecule has 0 saturated heterocycles. The lowest BCUT2D eigenvalue weighted by Gasteiger charge is -1.97. The van der Waals surface area contributed by atoms with Crippen LogP contribution in [0, 0.1) is 12.7 Å². The minimum atomic E-state index is -0.308. The molecule has 0 aliphatic carbocycles. The average molecular weight is 229 g/mol. The normalized spacial score (nSPS) is 10.9. The van der Waals surface area contributed by atoms with Gasteiger partial charge in [0.25, 0.3) is 0 Å². The van der Waals surface area contributed by atoms with Crippen molar-refractivity contribution in [1.82, 2.24) is 9.38 Å². The van der Waals surface area contributed by atoms with Crippen molar-refractivity contribution in [2.45, 2.75) is 6.92 Å². The number of fused-ring (bicyclic) bond motifs is 1. The van der Waals surface area contributed by atoms with Gasteiger partial charge in [0.15, 0.2) is 11.5 Å². The topological polar surface area (TPSA) is 17.3 Å². The van der Waals surface area contributed by atoms with Gasteiger partial charge >= 0.3 is 0 Å². The standard InChI is InChI=1S/C8H6BrFN2/c1-5-3-11-8-7(10)2-6(9)4-12(5)8/h2-4H,1H3. The highest BCUT2D eigenvalue weighted by Gasteiger charge is 2.05. The van der Waals surface area contributed by atoms with E-state index in [4.69, 9.17) is 0 Å². The monoisotopic (exact) mass is 228 g/mol. The quantitative estimate of drug-likeness (QED) is 0.678. The second kappa shape index (κ2) is 2.55. The molecule has 0 spiro atoms. The van der Waals surface area contributed by atoms with Gasteiger partial charge in [-0.1, -0.05) is 0 Å². The van der Waals surface area contributed by atoms with E-state index in [1.54, 1.807) is 16.8 Å². The number of aryl methyl sites for hydroxylation is 1. The summed E-state index contributed by atoms with van der Waals surface area (Å²) in [5.41, 5.74) is 1.29. The van der Waals surface area contributed by atoms with E-state index in [9.17, 15) is 4.39 Å². The van der Waals surface area contributed by atoms with Crippen LogP contribution in [0.4, 0.5) is 4.39 Å². The zero-order valence-corrected chi connectivity index (χ0v) is 7.97. The summed E-state index contributed by atoms with van der Waals surface area (Å²) >= 11 is 3.21. The molecule has 0 aliphatic rings. The number of nitrogens with zero attached hydrogens (tertiary/aromatic N) is 2. The molecule has 2 rings (SSSR count). The molecule has 0 fully saturated rings. The van der Waals surface area contributed by atoms with E-state index in [1.807, 2.05) is 6.92 Å². The fourth-order valence-electron chi connectivity index (χ4n) is 1.13. The zero-order chi connectivity index (χ0) is 8.72. The molecule has 0 atom stereocenters. The molecule has 0 aliphatic heterocycles. The number of hydrogen-bond acceptors (Lipinski definition) is 1. The van der Waals surface area contributed by atoms with Crippen molar-refractivity contribution in [3.63, 3.8) is 0 Å². The van der Waals surface area contributed by atoms with E-state index in [-0.39, 0.29) is 5.82 Å². The molecular formula is C8H6BrFN2. The van der Waals surface area contributed by atoms with Crippen molar-refractivity contribution in [1.29, 1.82) is 0 Å². The Balaban J connectivity index is 2.92. The smallest absolute Gasteiger partial charge is 0.173 e. The highest BCUT2D eigenvalue weighted by Crippen LogP contribution is 2.16. The first-order valence-corrected chi connectivity index (χ1v) is 4.26. The predicted molar refractivity (Wildman–Crippen MR) is 47.6 cm³/mol. The van der Waals surface area contributed by atoms with Crippen LogP contribution in [0.5, 0.6) is 0 Å². The Bertz CT molecular complexity index is 436. The Hall–Kier alpha value is -0.900. The zero-order valence-electron chi connectivity index (χ0n) is 6.38. The maximum atomic E-state index is 13.1. The van der Waals surface area contributed by atoms with Crippen LogP contribution in [0.25, 0.3) is 5.65 Å². The molecular weight excluding hydrogens is 223 g/mol. The molecule has 4 heteroatoms. The summed E-state index contributed by atoms with van der Waals surface area (Å²) in [6.07, 6.45) is 3.44. The van der Waals surface area contributed by atoms with Gasteiger partial charge in [0.1, 0.15) is 0 Å². The summed E-state index contributed by atoms with van der Waals surface area (Å²) in [6.45, 7) is 1.88. The summed E-state index contributed by atoms with van der Waals surface area (Å²) in [6, 6.07) is 1.40. The van der Waals surface area contributed by atoms with Crippen LogP contribution in [0.15, 0.2) is 22.9 Å². The van der Waals surface area contributed by atoms with Crippen molar-refractivity contribution < 1.29 is 4.39 Å². The lowest BCUT2D eigenvalue weighted by Crippen LogP contribution is -1.90. The second-order valence-corrected chi connectivity index (χ2v) is 3.52. The third-order valence-corrected chi connectivity index (χ3v) is 2.15. The largest absolute Gasteiger partial charge is 0.301 e. The Labute approximate surface area is 77.2 Å². The molecule has 0 N–H and O–H groups in total. The first-order chi connectivity index (χ1) is 5.68. The van der Waals surface area contributed by atoms with Crippen molar-refractivity contribution in [2.24, 2.45) is 0 Å². The average Bonchev–Trinajstić information content (AvgIpc) is 2.33. The van der Waals surface area contributed by atoms with E-state index in [0.29, 0.717) is 10.1 Å². The minimum absolute atomic E-state index is 0.308. The molecule has 2 aromatic rings. The third-order valence-electron chi connectivity index (χ3n) is 1.71. The summed E-state index contributed by atoms with van der Waals surface area (Å²) in [4.78, 5) is 3.93. The molecule has 0 radical (unpaired) electrons. The highest BCUT2D eigenvalue weighted by molar-refractivity contribution is 9.10. The van der Waals surface area contributed by atoms with Crippen LogP contribution in [0.2, 0.25) is 0 Å². The van der Waals surface area contributed by atoms with Gasteiger partial charge in [0.2, 0.25) is 0 Å². The van der Waals surface area contributed by atoms with Gasteiger partial charge in [-0.15, -0.1) is 0 Å². The molecule has 62 valence electrons. The molecule has 0 unspecified atom stereocenters. The van der Waals surface area contributed by atoms with Crippen molar-refractivity contribution in [3.8, 4) is 0 Å². The Kier molecular flexibility index (Phi) is 1.65. The Morgan fingerprint density at radius 2 is 2.33 bits per heavy atom. The number of halogens is 2. The minimum Gasteiger partial charge on any atom is -0.301 e. The SMILES string of the molecule is Cc1cnc2c(F)cc(Br)cn12. The molecule has 2 aromatic heterocycles. The van der Waals surface area contributed by atoms with Crippen LogP contribution in [-0.4, -0.2) is 9.38 Å². The van der Waals surface area contributed by atoms with E-state index in [0.717, 1.165) is 5.69 Å². The Morgan fingerprint density at radius 1 is 1.58 bits per heavy atom. The first-order valence-electron chi connectivity index (χ1n) is 3.47. The molecule has 2 heterocycles. The van der Waals surface area contributed by atoms with Gasteiger partial charge in [-0.3, -0.25) is 0 Å². The van der Waals surface area contributed by atoms with Crippen molar-refractivity contribution in [3.05, 3.63) is 34.4 Å². The number of aromatic nitrogens is 2. The molecule has 0 amide bonds. The molecule has 0 aromatic carbocycles. The predicted octanol–water partition coefficient (Wildman–Crippen LogP) is 2.54. The summed E-state index contributed by atoms with van der Waals surface area (Å²) in [7, 11) is 0. The lowest BCUT2D eigenvalue weighted by atomic mass is 10.4. The summed E-state index contributed by atoms with van der Waals surface area (Å²) in [5, 5.41) is 0. The van der Waals surface area contributed by atoms with E-state index in [1.165, 1.54) is 6.07 Å². The summed E-state index contributed by atoms with van der Waals surface area (Å²) < 4.78 is 15.6. The molecule has 2 nitrogen and oxygen atoms in total. The number of hydrogen-bond donors (Lipinski definition) is 0. The number of imidazole rings is 1. The van der Waals surface area contributed by atoms with Gasteiger partial charge in [-0.05, 0) is 28.9 Å². The van der Waals surface area contributed by atoms with Crippen LogP contribution < -0.4 is 0 Å². The lowest BCUT2D eigenvalue weighted by molar-refractivity contribution is 0.628.